The number of nitro benzene ring substituents is 1. The first-order chi connectivity index (χ1) is 11.5. The SMILES string of the molecule is CCOC(=O)C=C(N=NNc1ccc([N+](=O)[O-])cc1)C(=O)OCC. The molecule has 0 amide bonds. The van der Waals surface area contributed by atoms with Gasteiger partial charge in [-0.3, -0.25) is 15.5 Å². The predicted molar refractivity (Wildman–Crippen MR) is 82.9 cm³/mol. The first kappa shape index (κ1) is 18.7. The first-order valence-corrected chi connectivity index (χ1v) is 6.94. The lowest BCUT2D eigenvalue weighted by Gasteiger charge is -2.02. The molecule has 0 unspecified atom stereocenters. The molecule has 1 rings (SSSR count). The van der Waals surface area contributed by atoms with Gasteiger partial charge in [-0.1, -0.05) is 5.22 Å². The highest BCUT2D eigenvalue weighted by molar-refractivity contribution is 5.95. The van der Waals surface area contributed by atoms with Crippen molar-refractivity contribution in [1.82, 2.24) is 0 Å². The number of carbonyl (C=O) groups excluding carboxylic acids is 2. The normalized spacial score (nSPS) is 11.2. The van der Waals surface area contributed by atoms with E-state index < -0.39 is 16.9 Å². The van der Waals surface area contributed by atoms with Gasteiger partial charge in [0, 0.05) is 12.1 Å². The van der Waals surface area contributed by atoms with Gasteiger partial charge in [-0.15, -0.1) is 5.11 Å². The summed E-state index contributed by atoms with van der Waals surface area (Å²) in [6, 6.07) is 5.38. The van der Waals surface area contributed by atoms with Crippen molar-refractivity contribution in [1.29, 1.82) is 0 Å². The van der Waals surface area contributed by atoms with E-state index >= 15 is 0 Å². The van der Waals surface area contributed by atoms with Gasteiger partial charge in [0.15, 0.2) is 5.70 Å². The molecule has 0 saturated carbocycles. The lowest BCUT2D eigenvalue weighted by atomic mass is 10.3. The van der Waals surface area contributed by atoms with E-state index in [1.165, 1.54) is 24.3 Å². The van der Waals surface area contributed by atoms with Gasteiger partial charge in [-0.25, -0.2) is 9.59 Å². The average Bonchev–Trinajstić information content (AvgIpc) is 2.54. The molecule has 10 nitrogen and oxygen atoms in total. The van der Waals surface area contributed by atoms with E-state index in [-0.39, 0.29) is 24.6 Å². The van der Waals surface area contributed by atoms with Crippen LogP contribution in [0.1, 0.15) is 13.8 Å². The van der Waals surface area contributed by atoms with Crippen LogP contribution in [0, 0.1) is 10.1 Å². The monoisotopic (exact) mass is 336 g/mol. The molecule has 0 aliphatic rings. The van der Waals surface area contributed by atoms with E-state index in [4.69, 9.17) is 9.47 Å². The Morgan fingerprint density at radius 2 is 1.83 bits per heavy atom. The lowest BCUT2D eigenvalue weighted by Crippen LogP contribution is -2.09. The summed E-state index contributed by atoms with van der Waals surface area (Å²) in [7, 11) is 0. The third-order valence-corrected chi connectivity index (χ3v) is 2.44. The number of nitro groups is 1. The molecule has 128 valence electrons. The lowest BCUT2D eigenvalue weighted by molar-refractivity contribution is -0.384. The molecule has 0 aliphatic carbocycles. The third kappa shape index (κ3) is 6.22. The second-order valence-corrected chi connectivity index (χ2v) is 4.12. The second kappa shape index (κ2) is 9.66. The molecule has 0 radical (unpaired) electrons. The molecule has 24 heavy (non-hydrogen) atoms. The molecular formula is C14H16N4O6. The van der Waals surface area contributed by atoms with Gasteiger partial charge >= 0.3 is 11.9 Å². The van der Waals surface area contributed by atoms with Crippen LogP contribution >= 0.6 is 0 Å². The topological polar surface area (TPSA) is 132 Å². The van der Waals surface area contributed by atoms with Crippen LogP contribution in [0.25, 0.3) is 0 Å². The zero-order chi connectivity index (χ0) is 17.9. The fourth-order valence-corrected chi connectivity index (χ4v) is 1.42. The molecule has 0 fully saturated rings. The molecule has 0 aliphatic heterocycles. The Bertz CT molecular complexity index is 654. The maximum atomic E-state index is 11.7. The Balaban J connectivity index is 2.81. The van der Waals surface area contributed by atoms with Crippen LogP contribution in [0.5, 0.6) is 0 Å². The summed E-state index contributed by atoms with van der Waals surface area (Å²) in [6.07, 6.45) is 0.864. The maximum absolute atomic E-state index is 11.7. The van der Waals surface area contributed by atoms with Crippen molar-refractivity contribution in [2.45, 2.75) is 13.8 Å². The van der Waals surface area contributed by atoms with Crippen molar-refractivity contribution in [3.05, 3.63) is 46.2 Å². The Morgan fingerprint density at radius 3 is 2.38 bits per heavy atom. The van der Waals surface area contributed by atoms with Crippen molar-refractivity contribution in [2.75, 3.05) is 18.6 Å². The molecule has 1 N–H and O–H groups in total. The number of nitrogens with one attached hydrogen (secondary N) is 1. The summed E-state index contributed by atoms with van der Waals surface area (Å²) >= 11 is 0. The number of ether oxygens (including phenoxy) is 2. The minimum absolute atomic E-state index is 0.0769. The van der Waals surface area contributed by atoms with Gasteiger partial charge in [0.2, 0.25) is 0 Å². The Morgan fingerprint density at radius 1 is 1.21 bits per heavy atom. The highest BCUT2D eigenvalue weighted by Gasteiger charge is 2.13. The van der Waals surface area contributed by atoms with Gasteiger partial charge < -0.3 is 9.47 Å². The summed E-state index contributed by atoms with van der Waals surface area (Å²) < 4.78 is 9.45. The molecule has 0 aromatic heterocycles. The number of nitrogens with zero attached hydrogens (tertiary/aromatic N) is 3. The number of anilines is 1. The zero-order valence-electron chi connectivity index (χ0n) is 13.1. The number of carbonyl (C=O) groups is 2. The van der Waals surface area contributed by atoms with Gasteiger partial charge in [-0.05, 0) is 26.0 Å². The number of hydrogen-bond acceptors (Lipinski definition) is 8. The third-order valence-electron chi connectivity index (χ3n) is 2.44. The molecular weight excluding hydrogens is 320 g/mol. The molecule has 0 saturated heterocycles. The van der Waals surface area contributed by atoms with Crippen molar-refractivity contribution in [3.8, 4) is 0 Å². The Hall–Kier alpha value is -3.30. The van der Waals surface area contributed by atoms with Crippen LogP contribution in [0.15, 0.2) is 46.4 Å². The van der Waals surface area contributed by atoms with Crippen LogP contribution in [0.2, 0.25) is 0 Å². The molecule has 0 bridgehead atoms. The smallest absolute Gasteiger partial charge is 0.359 e. The van der Waals surface area contributed by atoms with Crippen molar-refractivity contribution >= 4 is 23.3 Å². The minimum atomic E-state index is -0.834. The van der Waals surface area contributed by atoms with Crippen LogP contribution in [0.3, 0.4) is 0 Å². The van der Waals surface area contributed by atoms with Gasteiger partial charge in [-0.2, -0.15) is 0 Å². The fourth-order valence-electron chi connectivity index (χ4n) is 1.42. The first-order valence-electron chi connectivity index (χ1n) is 6.94. The maximum Gasteiger partial charge on any atom is 0.359 e. The van der Waals surface area contributed by atoms with Gasteiger partial charge in [0.05, 0.1) is 29.9 Å². The summed E-state index contributed by atoms with van der Waals surface area (Å²) in [6.45, 7) is 3.47. The number of rotatable bonds is 8. The largest absolute Gasteiger partial charge is 0.463 e. The highest BCUT2D eigenvalue weighted by atomic mass is 16.6. The van der Waals surface area contributed by atoms with Crippen LogP contribution in [-0.2, 0) is 19.1 Å². The van der Waals surface area contributed by atoms with Crippen molar-refractivity contribution < 1.29 is 24.0 Å². The van der Waals surface area contributed by atoms with E-state index in [1.54, 1.807) is 13.8 Å². The number of non-ortho nitro benzene ring substituents is 1. The van der Waals surface area contributed by atoms with E-state index in [0.717, 1.165) is 6.08 Å². The minimum Gasteiger partial charge on any atom is -0.463 e. The second-order valence-electron chi connectivity index (χ2n) is 4.12. The molecule has 0 heterocycles. The van der Waals surface area contributed by atoms with E-state index in [0.29, 0.717) is 5.69 Å². The molecule has 10 heteroatoms. The fraction of sp³-hybridized carbons (Fsp3) is 0.286. The van der Waals surface area contributed by atoms with Gasteiger partial charge in [0.25, 0.3) is 5.69 Å². The standard InChI is InChI=1S/C14H16N4O6/c1-3-23-13(19)9-12(14(20)24-4-2)16-17-15-10-5-7-11(8-6-10)18(21)22/h5-9H,3-4H2,1-2H3,(H,15,16). The summed E-state index contributed by atoms with van der Waals surface area (Å²) in [5.74, 6) is -1.59. The summed E-state index contributed by atoms with van der Waals surface area (Å²) in [5.41, 5.74) is 2.46. The quantitative estimate of drug-likeness (QED) is 0.253. The predicted octanol–water partition coefficient (Wildman–Crippen LogP) is 2.38. The molecule has 0 spiro atoms. The number of hydrogen-bond donors (Lipinski definition) is 1. The average molecular weight is 336 g/mol. The highest BCUT2D eigenvalue weighted by Crippen LogP contribution is 2.15. The van der Waals surface area contributed by atoms with Crippen molar-refractivity contribution in [2.24, 2.45) is 10.3 Å². The zero-order valence-corrected chi connectivity index (χ0v) is 13.1. The summed E-state index contributed by atoms with van der Waals surface area (Å²) in [4.78, 5) is 33.1. The van der Waals surface area contributed by atoms with Crippen LogP contribution in [0.4, 0.5) is 11.4 Å². The molecule has 0 atom stereocenters. The molecule has 1 aromatic carbocycles. The van der Waals surface area contributed by atoms with Gasteiger partial charge in [0.1, 0.15) is 0 Å². The van der Waals surface area contributed by atoms with E-state index in [2.05, 4.69) is 15.8 Å². The van der Waals surface area contributed by atoms with Crippen molar-refractivity contribution in [3.63, 3.8) is 0 Å². The number of esters is 2. The Kier molecular flexibility index (Phi) is 7.55. The van der Waals surface area contributed by atoms with E-state index in [1.807, 2.05) is 0 Å². The van der Waals surface area contributed by atoms with Crippen LogP contribution in [-0.4, -0.2) is 30.1 Å². The summed E-state index contributed by atoms with van der Waals surface area (Å²) in [5, 5.41) is 17.7. The van der Waals surface area contributed by atoms with E-state index in [9.17, 15) is 19.7 Å². The Labute approximate surface area is 137 Å². The molecule has 1 aromatic rings. The van der Waals surface area contributed by atoms with Crippen LogP contribution < -0.4 is 5.43 Å². The number of benzene rings is 1.